The lowest BCUT2D eigenvalue weighted by Gasteiger charge is -2.04. The minimum Gasteiger partial charge on any atom is -0.292 e. The van der Waals surface area contributed by atoms with Crippen molar-refractivity contribution in [3.8, 4) is 0 Å². The van der Waals surface area contributed by atoms with Crippen molar-refractivity contribution in [1.29, 1.82) is 0 Å². The molecule has 0 aliphatic carbocycles. The van der Waals surface area contributed by atoms with Gasteiger partial charge in [0.05, 0.1) is 9.72 Å². The van der Waals surface area contributed by atoms with Crippen molar-refractivity contribution in [2.75, 3.05) is 10.6 Å². The monoisotopic (exact) mass is 382 g/mol. The fourth-order valence-corrected chi connectivity index (χ4v) is 3.06. The van der Waals surface area contributed by atoms with E-state index in [4.69, 9.17) is 11.6 Å². The Hall–Kier alpha value is -1.70. The van der Waals surface area contributed by atoms with E-state index in [-0.39, 0.29) is 0 Å². The summed E-state index contributed by atoms with van der Waals surface area (Å²) in [6.07, 6.45) is 1.60. The first-order valence-electron chi connectivity index (χ1n) is 5.86. The largest absolute Gasteiger partial charge is 0.326 e. The number of nitrogens with zero attached hydrogens (tertiary/aromatic N) is 2. The molecule has 2 amide bonds. The first-order chi connectivity index (χ1) is 10.1. The van der Waals surface area contributed by atoms with Crippen molar-refractivity contribution in [2.45, 2.75) is 0 Å². The number of nitrogens with one attached hydrogen (secondary N) is 2. The molecule has 0 radical (unpaired) electrons. The van der Waals surface area contributed by atoms with E-state index in [9.17, 15) is 4.79 Å². The number of thiazole rings is 1. The number of hydrogen-bond acceptors (Lipinski definition) is 4. The highest BCUT2D eigenvalue weighted by Crippen LogP contribution is 2.30. The third-order valence-electron chi connectivity index (χ3n) is 2.56. The van der Waals surface area contributed by atoms with Crippen molar-refractivity contribution >= 4 is 66.1 Å². The van der Waals surface area contributed by atoms with Crippen LogP contribution in [0.3, 0.4) is 0 Å². The number of amides is 2. The first-order valence-corrected chi connectivity index (χ1v) is 7.85. The number of rotatable bonds is 2. The zero-order valence-corrected chi connectivity index (χ0v) is 13.6. The number of benzene rings is 1. The summed E-state index contributed by atoms with van der Waals surface area (Å²) in [6.45, 7) is 0. The lowest BCUT2D eigenvalue weighted by atomic mass is 10.3. The van der Waals surface area contributed by atoms with Crippen LogP contribution in [0, 0.1) is 0 Å². The highest BCUT2D eigenvalue weighted by atomic mass is 79.9. The number of pyridine rings is 1. The van der Waals surface area contributed by atoms with Crippen LogP contribution in [0.2, 0.25) is 5.02 Å². The van der Waals surface area contributed by atoms with Crippen molar-refractivity contribution in [1.82, 2.24) is 9.97 Å². The van der Waals surface area contributed by atoms with Crippen LogP contribution in [0.15, 0.2) is 41.0 Å². The maximum atomic E-state index is 11.9. The SMILES string of the molecule is O=C(Nc1ccc(Br)cn1)Nc1nc2c(Cl)cccc2s1. The number of urea groups is 1. The number of fused-ring (bicyclic) bond motifs is 1. The van der Waals surface area contributed by atoms with Gasteiger partial charge >= 0.3 is 6.03 Å². The Morgan fingerprint density at radius 3 is 2.81 bits per heavy atom. The molecule has 0 spiro atoms. The van der Waals surface area contributed by atoms with Crippen molar-refractivity contribution in [3.05, 3.63) is 46.0 Å². The predicted octanol–water partition coefficient (Wildman–Crippen LogP) is 4.75. The Balaban J connectivity index is 1.74. The van der Waals surface area contributed by atoms with Crippen LogP contribution in [0.1, 0.15) is 0 Å². The second-order valence-electron chi connectivity index (χ2n) is 4.05. The van der Waals surface area contributed by atoms with Crippen LogP contribution < -0.4 is 10.6 Å². The van der Waals surface area contributed by atoms with Gasteiger partial charge in [-0.05, 0) is 40.2 Å². The third kappa shape index (κ3) is 3.31. The lowest BCUT2D eigenvalue weighted by molar-refractivity contribution is 0.262. The topological polar surface area (TPSA) is 66.9 Å². The van der Waals surface area contributed by atoms with Crippen LogP contribution in [-0.4, -0.2) is 16.0 Å². The molecular weight excluding hydrogens is 376 g/mol. The molecule has 0 atom stereocenters. The van der Waals surface area contributed by atoms with Gasteiger partial charge in [0.2, 0.25) is 0 Å². The normalized spacial score (nSPS) is 10.6. The molecule has 2 N–H and O–H groups in total. The molecule has 0 aliphatic heterocycles. The molecule has 5 nitrogen and oxygen atoms in total. The lowest BCUT2D eigenvalue weighted by Crippen LogP contribution is -2.19. The number of para-hydroxylation sites is 1. The Morgan fingerprint density at radius 1 is 1.24 bits per heavy atom. The van der Waals surface area contributed by atoms with Gasteiger partial charge in [-0.3, -0.25) is 10.6 Å². The summed E-state index contributed by atoms with van der Waals surface area (Å²) in [4.78, 5) is 20.2. The zero-order valence-electron chi connectivity index (χ0n) is 10.4. The standard InChI is InChI=1S/C13H8BrClN4OS/c14-7-4-5-10(16-6-7)17-12(20)19-13-18-11-8(15)2-1-3-9(11)21-13/h1-6H,(H2,16,17,18,19,20). The van der Waals surface area contributed by atoms with Crippen molar-refractivity contribution in [3.63, 3.8) is 0 Å². The van der Waals surface area contributed by atoms with Gasteiger partial charge in [0.1, 0.15) is 11.3 Å². The number of aromatic nitrogens is 2. The van der Waals surface area contributed by atoms with E-state index in [2.05, 4.69) is 36.5 Å². The molecule has 0 saturated heterocycles. The number of hydrogen-bond donors (Lipinski definition) is 2. The van der Waals surface area contributed by atoms with Crippen LogP contribution in [-0.2, 0) is 0 Å². The van der Waals surface area contributed by atoms with Gasteiger partial charge in [0, 0.05) is 10.7 Å². The zero-order chi connectivity index (χ0) is 14.8. The quantitative estimate of drug-likeness (QED) is 0.671. The number of carbonyl (C=O) groups excluding carboxylic acids is 1. The molecule has 1 aromatic carbocycles. The fourth-order valence-electron chi connectivity index (χ4n) is 1.66. The Bertz CT molecular complexity index is 806. The molecule has 21 heavy (non-hydrogen) atoms. The molecule has 2 heterocycles. The Labute approximate surface area is 137 Å². The predicted molar refractivity (Wildman–Crippen MR) is 89.2 cm³/mol. The molecule has 2 aromatic heterocycles. The van der Waals surface area contributed by atoms with E-state index >= 15 is 0 Å². The summed E-state index contributed by atoms with van der Waals surface area (Å²) < 4.78 is 1.76. The van der Waals surface area contributed by atoms with Crippen LogP contribution in [0.5, 0.6) is 0 Å². The van der Waals surface area contributed by atoms with Crippen LogP contribution >= 0.6 is 38.9 Å². The van der Waals surface area contributed by atoms with Gasteiger partial charge in [-0.1, -0.05) is 29.0 Å². The van der Waals surface area contributed by atoms with E-state index in [0.29, 0.717) is 21.5 Å². The summed E-state index contributed by atoms with van der Waals surface area (Å²) in [7, 11) is 0. The molecule has 8 heteroatoms. The number of halogens is 2. The molecule has 0 bridgehead atoms. The minimum atomic E-state index is -0.403. The van der Waals surface area contributed by atoms with Crippen LogP contribution in [0.4, 0.5) is 15.7 Å². The molecular formula is C13H8BrClN4OS. The van der Waals surface area contributed by atoms with E-state index in [1.165, 1.54) is 11.3 Å². The van der Waals surface area contributed by atoms with Gasteiger partial charge in [0.15, 0.2) is 5.13 Å². The van der Waals surface area contributed by atoms with Gasteiger partial charge in [-0.15, -0.1) is 0 Å². The molecule has 106 valence electrons. The van der Waals surface area contributed by atoms with Gasteiger partial charge in [-0.2, -0.15) is 0 Å². The maximum Gasteiger partial charge on any atom is 0.326 e. The highest BCUT2D eigenvalue weighted by Gasteiger charge is 2.10. The molecule has 0 saturated carbocycles. The smallest absolute Gasteiger partial charge is 0.292 e. The fraction of sp³-hybridized carbons (Fsp3) is 0. The van der Waals surface area contributed by atoms with E-state index < -0.39 is 6.03 Å². The number of anilines is 2. The third-order valence-corrected chi connectivity index (χ3v) is 4.27. The Morgan fingerprint density at radius 2 is 2.10 bits per heavy atom. The average Bonchev–Trinajstić information content (AvgIpc) is 2.85. The molecule has 0 fully saturated rings. The summed E-state index contributed by atoms with van der Waals surface area (Å²) in [6, 6.07) is 8.59. The molecule has 3 rings (SSSR count). The maximum absolute atomic E-state index is 11.9. The van der Waals surface area contributed by atoms with Crippen LogP contribution in [0.25, 0.3) is 10.2 Å². The van der Waals surface area contributed by atoms with E-state index in [0.717, 1.165) is 9.17 Å². The summed E-state index contributed by atoms with van der Waals surface area (Å²) >= 11 is 10.7. The summed E-state index contributed by atoms with van der Waals surface area (Å²) in [5.74, 6) is 0.454. The summed E-state index contributed by atoms with van der Waals surface area (Å²) in [5, 5.41) is 6.34. The van der Waals surface area contributed by atoms with Gasteiger partial charge in [-0.25, -0.2) is 14.8 Å². The number of carbonyl (C=O) groups is 1. The minimum absolute atomic E-state index is 0.403. The van der Waals surface area contributed by atoms with Crippen molar-refractivity contribution < 1.29 is 4.79 Å². The molecule has 0 aliphatic rings. The Kier molecular flexibility index (Phi) is 4.05. The van der Waals surface area contributed by atoms with E-state index in [1.807, 2.05) is 12.1 Å². The van der Waals surface area contributed by atoms with Gasteiger partial charge < -0.3 is 0 Å². The second kappa shape index (κ2) is 5.97. The molecule has 3 aromatic rings. The van der Waals surface area contributed by atoms with E-state index in [1.54, 1.807) is 24.4 Å². The van der Waals surface area contributed by atoms with Crippen molar-refractivity contribution in [2.24, 2.45) is 0 Å². The summed E-state index contributed by atoms with van der Waals surface area (Å²) in [5.41, 5.74) is 0.682. The second-order valence-corrected chi connectivity index (χ2v) is 6.40. The molecule has 0 unspecified atom stereocenters. The first kappa shape index (κ1) is 14.2. The highest BCUT2D eigenvalue weighted by molar-refractivity contribution is 9.10. The van der Waals surface area contributed by atoms with Gasteiger partial charge in [0.25, 0.3) is 0 Å². The average molecular weight is 384 g/mol.